The molecule has 0 spiro atoms. The maximum atomic E-state index is 12.3. The Morgan fingerprint density at radius 2 is 1.59 bits per heavy atom. The van der Waals surface area contributed by atoms with Gasteiger partial charge in [0.2, 0.25) is 0 Å². The molecule has 2 aromatic carbocycles. The molecule has 0 atom stereocenters. The second-order valence-electron chi connectivity index (χ2n) is 4.62. The van der Waals surface area contributed by atoms with Crippen molar-refractivity contribution in [2.24, 2.45) is 4.99 Å². The summed E-state index contributed by atoms with van der Waals surface area (Å²) in [5.74, 6) is -0.190. The van der Waals surface area contributed by atoms with Gasteiger partial charge >= 0.3 is 6.09 Å². The largest absolute Gasteiger partial charge is 0.451 e. The lowest BCUT2D eigenvalue weighted by Crippen LogP contribution is -2.32. The summed E-state index contributed by atoms with van der Waals surface area (Å²) in [6.45, 7) is 1.94. The minimum absolute atomic E-state index is 0.151. The van der Waals surface area contributed by atoms with Crippen LogP contribution in [-0.2, 0) is 4.74 Å². The summed E-state index contributed by atoms with van der Waals surface area (Å²) in [5.41, 5.74) is 2.16. The van der Waals surface area contributed by atoms with Gasteiger partial charge in [-0.25, -0.2) is 4.79 Å². The van der Waals surface area contributed by atoms with Crippen molar-refractivity contribution in [1.82, 2.24) is 5.32 Å². The molecule has 1 N–H and O–H groups in total. The van der Waals surface area contributed by atoms with Crippen LogP contribution in [0, 0.1) is 6.92 Å². The summed E-state index contributed by atoms with van der Waals surface area (Å²) in [4.78, 5) is 27.4. The van der Waals surface area contributed by atoms with Crippen LogP contribution in [0.25, 0.3) is 0 Å². The second-order valence-corrected chi connectivity index (χ2v) is 4.62. The molecule has 0 aliphatic heterocycles. The van der Waals surface area contributed by atoms with E-state index in [1.165, 1.54) is 7.11 Å². The minimum atomic E-state index is -0.775. The maximum Gasteiger partial charge on any atom is 0.435 e. The molecule has 0 aliphatic carbocycles. The molecule has 0 aliphatic rings. The smallest absolute Gasteiger partial charge is 0.435 e. The van der Waals surface area contributed by atoms with Gasteiger partial charge < -0.3 is 10.1 Å². The molecule has 2 aromatic rings. The van der Waals surface area contributed by atoms with Crippen LogP contribution in [0.15, 0.2) is 59.6 Å². The van der Waals surface area contributed by atoms with Gasteiger partial charge in [-0.2, -0.15) is 4.99 Å². The number of aryl methyl sites for hydroxylation is 1. The Morgan fingerprint density at radius 1 is 0.955 bits per heavy atom. The SMILES string of the molecule is COC(=O)/N=C(/NC(=O)c1ccc(C)cc1)c1ccccc1. The highest BCUT2D eigenvalue weighted by molar-refractivity contribution is 6.14. The average molecular weight is 296 g/mol. The molecule has 0 radical (unpaired) electrons. The van der Waals surface area contributed by atoms with Crippen LogP contribution in [0.1, 0.15) is 21.5 Å². The Labute approximate surface area is 128 Å². The van der Waals surface area contributed by atoms with Crippen molar-refractivity contribution in [3.8, 4) is 0 Å². The van der Waals surface area contributed by atoms with Crippen molar-refractivity contribution in [3.63, 3.8) is 0 Å². The van der Waals surface area contributed by atoms with Gasteiger partial charge in [-0.05, 0) is 19.1 Å². The van der Waals surface area contributed by atoms with E-state index in [0.29, 0.717) is 11.1 Å². The molecular formula is C17H16N2O3. The molecule has 0 heterocycles. The first-order valence-corrected chi connectivity index (χ1v) is 6.70. The van der Waals surface area contributed by atoms with Crippen molar-refractivity contribution in [2.45, 2.75) is 6.92 Å². The van der Waals surface area contributed by atoms with Gasteiger partial charge in [-0.15, -0.1) is 0 Å². The molecule has 0 saturated carbocycles. The number of hydrogen-bond acceptors (Lipinski definition) is 3. The van der Waals surface area contributed by atoms with E-state index in [2.05, 4.69) is 15.0 Å². The van der Waals surface area contributed by atoms with Crippen LogP contribution < -0.4 is 5.32 Å². The number of aliphatic imine (C=N–C) groups is 1. The highest BCUT2D eigenvalue weighted by Crippen LogP contribution is 2.05. The number of amides is 2. The van der Waals surface area contributed by atoms with Crippen LogP contribution in [0.2, 0.25) is 0 Å². The van der Waals surface area contributed by atoms with E-state index >= 15 is 0 Å². The van der Waals surface area contributed by atoms with Gasteiger partial charge in [0.1, 0.15) is 5.84 Å². The van der Waals surface area contributed by atoms with Crippen molar-refractivity contribution < 1.29 is 14.3 Å². The summed E-state index contributed by atoms with van der Waals surface area (Å²) in [6, 6.07) is 16.0. The number of amidine groups is 1. The minimum Gasteiger partial charge on any atom is -0.451 e. The van der Waals surface area contributed by atoms with Gasteiger partial charge in [0, 0.05) is 11.1 Å². The summed E-state index contributed by atoms with van der Waals surface area (Å²) < 4.78 is 4.53. The van der Waals surface area contributed by atoms with E-state index in [-0.39, 0.29) is 11.7 Å². The van der Waals surface area contributed by atoms with Gasteiger partial charge in [0.25, 0.3) is 5.91 Å². The third-order valence-electron chi connectivity index (χ3n) is 2.97. The molecule has 22 heavy (non-hydrogen) atoms. The standard InChI is InChI=1S/C17H16N2O3/c1-12-8-10-14(11-9-12)16(20)18-15(19-17(21)22-2)13-6-4-3-5-7-13/h3-11H,1-2H3,(H,18,19,20,21). The highest BCUT2D eigenvalue weighted by Gasteiger charge is 2.12. The zero-order valence-electron chi connectivity index (χ0n) is 12.4. The third kappa shape index (κ3) is 4.02. The first kappa shape index (κ1) is 15.4. The van der Waals surface area contributed by atoms with E-state index in [4.69, 9.17) is 0 Å². The number of carbonyl (C=O) groups excluding carboxylic acids is 2. The number of ether oxygens (including phenoxy) is 1. The number of methoxy groups -OCH3 is 1. The van der Waals surface area contributed by atoms with Gasteiger partial charge in [0.15, 0.2) is 0 Å². The molecule has 5 heteroatoms. The molecule has 2 rings (SSSR count). The Kier molecular flexibility index (Phi) is 5.03. The van der Waals surface area contributed by atoms with Crippen LogP contribution in [0.3, 0.4) is 0 Å². The van der Waals surface area contributed by atoms with Crippen LogP contribution >= 0.6 is 0 Å². The van der Waals surface area contributed by atoms with Gasteiger partial charge in [-0.1, -0.05) is 48.0 Å². The monoisotopic (exact) mass is 296 g/mol. The molecule has 0 bridgehead atoms. The van der Waals surface area contributed by atoms with Crippen molar-refractivity contribution in [2.75, 3.05) is 7.11 Å². The number of rotatable bonds is 2. The molecular weight excluding hydrogens is 280 g/mol. The normalized spacial score (nSPS) is 10.9. The molecule has 0 fully saturated rings. The van der Waals surface area contributed by atoms with Crippen molar-refractivity contribution in [3.05, 3.63) is 71.3 Å². The third-order valence-corrected chi connectivity index (χ3v) is 2.97. The Morgan fingerprint density at radius 3 is 2.18 bits per heavy atom. The Balaban J connectivity index is 2.27. The number of benzene rings is 2. The fourth-order valence-electron chi connectivity index (χ4n) is 1.78. The lowest BCUT2D eigenvalue weighted by molar-refractivity contribution is 0.0977. The predicted molar refractivity (Wildman–Crippen MR) is 84.0 cm³/mol. The topological polar surface area (TPSA) is 67.8 Å². The van der Waals surface area contributed by atoms with E-state index < -0.39 is 6.09 Å². The van der Waals surface area contributed by atoms with Crippen molar-refractivity contribution >= 4 is 17.8 Å². The fourth-order valence-corrected chi connectivity index (χ4v) is 1.78. The molecule has 2 amide bonds. The second kappa shape index (κ2) is 7.17. The molecule has 0 saturated heterocycles. The molecule has 0 aromatic heterocycles. The van der Waals surface area contributed by atoms with E-state index in [1.54, 1.807) is 36.4 Å². The average Bonchev–Trinajstić information content (AvgIpc) is 2.55. The van der Waals surface area contributed by atoms with E-state index in [1.807, 2.05) is 25.1 Å². The van der Waals surface area contributed by atoms with Gasteiger partial charge in [-0.3, -0.25) is 4.79 Å². The quantitative estimate of drug-likeness (QED) is 0.684. The number of carbonyl (C=O) groups is 2. The zero-order chi connectivity index (χ0) is 15.9. The zero-order valence-corrected chi connectivity index (χ0v) is 12.4. The summed E-state index contributed by atoms with van der Waals surface area (Å²) in [5, 5.41) is 2.64. The fraction of sp³-hybridized carbons (Fsp3) is 0.118. The molecule has 112 valence electrons. The molecule has 0 unspecified atom stereocenters. The van der Waals surface area contributed by atoms with Crippen LogP contribution in [-0.4, -0.2) is 24.9 Å². The number of hydrogen-bond donors (Lipinski definition) is 1. The van der Waals surface area contributed by atoms with Gasteiger partial charge in [0.05, 0.1) is 7.11 Å². The maximum absolute atomic E-state index is 12.3. The Hall–Kier alpha value is -2.95. The number of nitrogens with one attached hydrogen (secondary N) is 1. The predicted octanol–water partition coefficient (Wildman–Crippen LogP) is 2.94. The summed E-state index contributed by atoms with van der Waals surface area (Å²) in [6.07, 6.45) is -0.775. The van der Waals surface area contributed by atoms with E-state index in [9.17, 15) is 9.59 Å². The lowest BCUT2D eigenvalue weighted by atomic mass is 10.1. The van der Waals surface area contributed by atoms with E-state index in [0.717, 1.165) is 5.56 Å². The first-order chi connectivity index (χ1) is 10.6. The van der Waals surface area contributed by atoms with Crippen molar-refractivity contribution in [1.29, 1.82) is 0 Å². The summed E-state index contributed by atoms with van der Waals surface area (Å²) >= 11 is 0. The highest BCUT2D eigenvalue weighted by atomic mass is 16.5. The lowest BCUT2D eigenvalue weighted by Gasteiger charge is -2.09. The Bertz CT molecular complexity index is 692. The van der Waals surface area contributed by atoms with Crippen LogP contribution in [0.5, 0.6) is 0 Å². The summed E-state index contributed by atoms with van der Waals surface area (Å²) in [7, 11) is 1.23. The first-order valence-electron chi connectivity index (χ1n) is 6.70. The number of nitrogens with zero attached hydrogens (tertiary/aromatic N) is 1. The van der Waals surface area contributed by atoms with Crippen LogP contribution in [0.4, 0.5) is 4.79 Å². The molecule has 5 nitrogen and oxygen atoms in total.